The summed E-state index contributed by atoms with van der Waals surface area (Å²) in [4.78, 5) is 15.3. The Morgan fingerprint density at radius 3 is 1.76 bits per heavy atom. The molecule has 7 aromatic rings. The molecule has 0 amide bonds. The van der Waals surface area contributed by atoms with Gasteiger partial charge in [0.05, 0.1) is 34.0 Å². The largest absolute Gasteiger partial charge is 0.299 e. The molecular formula is C41H27N5. The highest BCUT2D eigenvalue weighted by atomic mass is 14.9. The van der Waals surface area contributed by atoms with Crippen molar-refractivity contribution in [3.63, 3.8) is 0 Å². The van der Waals surface area contributed by atoms with E-state index in [9.17, 15) is 0 Å². The monoisotopic (exact) mass is 589 g/mol. The maximum atomic E-state index is 8.84. The molecule has 2 N–H and O–H groups in total. The van der Waals surface area contributed by atoms with Crippen molar-refractivity contribution in [1.29, 1.82) is 10.8 Å². The Balaban J connectivity index is 1.33. The van der Waals surface area contributed by atoms with Crippen molar-refractivity contribution >= 4 is 28.4 Å². The second-order valence-corrected chi connectivity index (χ2v) is 11.2. The first-order chi connectivity index (χ1) is 22.6. The first-order valence-corrected chi connectivity index (χ1v) is 15.1. The lowest BCUT2D eigenvalue weighted by molar-refractivity contribution is 1.18. The van der Waals surface area contributed by atoms with E-state index in [4.69, 9.17) is 25.8 Å². The van der Waals surface area contributed by atoms with E-state index in [1.165, 1.54) is 0 Å². The van der Waals surface area contributed by atoms with Crippen molar-refractivity contribution < 1.29 is 0 Å². The van der Waals surface area contributed by atoms with Crippen molar-refractivity contribution in [3.8, 4) is 56.3 Å². The van der Waals surface area contributed by atoms with E-state index in [0.29, 0.717) is 5.82 Å². The van der Waals surface area contributed by atoms with Gasteiger partial charge >= 0.3 is 0 Å². The van der Waals surface area contributed by atoms with Crippen molar-refractivity contribution in [3.05, 3.63) is 157 Å². The van der Waals surface area contributed by atoms with Gasteiger partial charge in [-0.05, 0) is 41.5 Å². The van der Waals surface area contributed by atoms with Crippen molar-refractivity contribution in [2.45, 2.75) is 0 Å². The van der Waals surface area contributed by atoms with Gasteiger partial charge in [0, 0.05) is 38.8 Å². The molecule has 1 aliphatic carbocycles. The van der Waals surface area contributed by atoms with E-state index in [1.807, 2.05) is 103 Å². The standard InChI is InChI=1S/C41H27N5/c42-34-22-21-33-38(39(34)43)32-20-19-30(24-37(32)44-40(33)28-15-8-3-9-16-28)36-25-35(27-13-6-2-7-14-27)45-41(46-36)31-18-10-17-29(23-31)26-11-4-1-5-12-26/h1-25,42-43H. The predicted molar refractivity (Wildman–Crippen MR) is 188 cm³/mol. The number of hydrogen-bond donors (Lipinski definition) is 2. The Hall–Kier alpha value is -6.33. The Morgan fingerprint density at radius 1 is 0.435 bits per heavy atom. The molecule has 0 fully saturated rings. The number of nitrogens with zero attached hydrogens (tertiary/aromatic N) is 3. The second kappa shape index (κ2) is 11.3. The van der Waals surface area contributed by atoms with Crippen LogP contribution < -0.4 is 0 Å². The average Bonchev–Trinajstić information content (AvgIpc) is 3.13. The number of nitrogens with one attached hydrogen (secondary N) is 2. The van der Waals surface area contributed by atoms with Gasteiger partial charge in [-0.15, -0.1) is 0 Å². The molecule has 0 unspecified atom stereocenters. The minimum absolute atomic E-state index is 0.189. The fourth-order valence-electron chi connectivity index (χ4n) is 6.02. The molecule has 2 heterocycles. The topological polar surface area (TPSA) is 86.4 Å². The minimum atomic E-state index is 0.189. The van der Waals surface area contributed by atoms with E-state index < -0.39 is 0 Å². The highest BCUT2D eigenvalue weighted by molar-refractivity contribution is 6.54. The average molecular weight is 590 g/mol. The highest BCUT2D eigenvalue weighted by Gasteiger charge is 2.23. The van der Waals surface area contributed by atoms with Gasteiger partial charge in [0.25, 0.3) is 0 Å². The molecule has 0 radical (unpaired) electrons. The van der Waals surface area contributed by atoms with E-state index in [1.54, 1.807) is 6.08 Å². The van der Waals surface area contributed by atoms with Gasteiger partial charge in [-0.3, -0.25) is 10.8 Å². The number of fused-ring (bicyclic) bond motifs is 3. The van der Waals surface area contributed by atoms with E-state index >= 15 is 0 Å². The molecule has 5 aromatic carbocycles. The molecule has 0 bridgehead atoms. The van der Waals surface area contributed by atoms with Crippen LogP contribution in [0.3, 0.4) is 0 Å². The number of allylic oxidation sites excluding steroid dienone is 1. The fourth-order valence-corrected chi connectivity index (χ4v) is 6.02. The summed E-state index contributed by atoms with van der Waals surface area (Å²) < 4.78 is 0. The maximum Gasteiger partial charge on any atom is 0.160 e. The molecule has 0 spiro atoms. The van der Waals surface area contributed by atoms with Crippen LogP contribution in [0.4, 0.5) is 0 Å². The normalized spacial score (nSPS) is 12.3. The fraction of sp³-hybridized carbons (Fsp3) is 0. The lowest BCUT2D eigenvalue weighted by Crippen LogP contribution is -2.17. The zero-order valence-electron chi connectivity index (χ0n) is 24.8. The number of benzene rings is 5. The Bertz CT molecular complexity index is 2330. The Kier molecular flexibility index (Phi) is 6.69. The molecule has 0 saturated heterocycles. The maximum absolute atomic E-state index is 8.84. The summed E-state index contributed by atoms with van der Waals surface area (Å²) in [6.45, 7) is 0. The van der Waals surface area contributed by atoms with Gasteiger partial charge in [0.2, 0.25) is 0 Å². The first-order valence-electron chi connectivity index (χ1n) is 15.1. The SMILES string of the molecule is N=C1C=Cc2c(-c3ccccc3)nc3cc(-c4cc(-c5ccccc5)nc(-c5cccc(-c6ccccc6)c5)n4)ccc3c2C1=N. The van der Waals surface area contributed by atoms with Gasteiger partial charge in [-0.1, -0.05) is 121 Å². The van der Waals surface area contributed by atoms with Crippen molar-refractivity contribution in [2.75, 3.05) is 0 Å². The number of aromatic nitrogens is 3. The number of pyridine rings is 1. The molecular weight excluding hydrogens is 562 g/mol. The Morgan fingerprint density at radius 2 is 1.04 bits per heavy atom. The summed E-state index contributed by atoms with van der Waals surface area (Å²) >= 11 is 0. The third-order valence-electron chi connectivity index (χ3n) is 8.33. The molecule has 5 heteroatoms. The molecule has 8 rings (SSSR count). The molecule has 1 aliphatic rings. The lowest BCUT2D eigenvalue weighted by atomic mass is 9.87. The third kappa shape index (κ3) is 4.90. The summed E-state index contributed by atoms with van der Waals surface area (Å²) in [5, 5.41) is 18.1. The molecule has 0 saturated carbocycles. The molecule has 2 aromatic heterocycles. The minimum Gasteiger partial charge on any atom is -0.299 e. The van der Waals surface area contributed by atoms with Crippen LogP contribution in [0, 0.1) is 10.8 Å². The van der Waals surface area contributed by atoms with Gasteiger partial charge in [0.15, 0.2) is 5.82 Å². The summed E-state index contributed by atoms with van der Waals surface area (Å²) in [6, 6.07) is 46.9. The van der Waals surface area contributed by atoms with E-state index in [-0.39, 0.29) is 11.4 Å². The predicted octanol–water partition coefficient (Wildman–Crippen LogP) is 9.77. The van der Waals surface area contributed by atoms with Gasteiger partial charge < -0.3 is 0 Å². The molecule has 5 nitrogen and oxygen atoms in total. The highest BCUT2D eigenvalue weighted by Crippen LogP contribution is 2.36. The van der Waals surface area contributed by atoms with Gasteiger partial charge in [0.1, 0.15) is 0 Å². The third-order valence-corrected chi connectivity index (χ3v) is 8.33. The van der Waals surface area contributed by atoms with E-state index in [0.717, 1.165) is 72.5 Å². The number of rotatable bonds is 5. The summed E-state index contributed by atoms with van der Waals surface area (Å²) in [5.74, 6) is 0.637. The zero-order chi connectivity index (χ0) is 31.0. The lowest BCUT2D eigenvalue weighted by Gasteiger charge is -2.19. The van der Waals surface area contributed by atoms with Crippen LogP contribution in [-0.2, 0) is 0 Å². The van der Waals surface area contributed by atoms with E-state index in [2.05, 4.69) is 42.5 Å². The molecule has 46 heavy (non-hydrogen) atoms. The van der Waals surface area contributed by atoms with Gasteiger partial charge in [-0.25, -0.2) is 15.0 Å². The second-order valence-electron chi connectivity index (χ2n) is 11.2. The Labute approximate surface area is 266 Å². The van der Waals surface area contributed by atoms with Crippen molar-refractivity contribution in [1.82, 2.24) is 15.0 Å². The summed E-state index contributed by atoms with van der Waals surface area (Å²) in [7, 11) is 0. The van der Waals surface area contributed by atoms with Crippen LogP contribution >= 0.6 is 0 Å². The first kappa shape index (κ1) is 27.2. The molecule has 0 atom stereocenters. The van der Waals surface area contributed by atoms with Crippen LogP contribution in [0.1, 0.15) is 11.1 Å². The van der Waals surface area contributed by atoms with Crippen LogP contribution in [-0.4, -0.2) is 26.4 Å². The number of hydrogen-bond acceptors (Lipinski definition) is 5. The summed E-state index contributed by atoms with van der Waals surface area (Å²) in [6.07, 6.45) is 3.59. The van der Waals surface area contributed by atoms with Crippen LogP contribution in [0.5, 0.6) is 0 Å². The van der Waals surface area contributed by atoms with Crippen LogP contribution in [0.25, 0.3) is 73.3 Å². The van der Waals surface area contributed by atoms with Gasteiger partial charge in [-0.2, -0.15) is 0 Å². The van der Waals surface area contributed by atoms with Crippen LogP contribution in [0.2, 0.25) is 0 Å². The van der Waals surface area contributed by atoms with Crippen molar-refractivity contribution in [2.24, 2.45) is 0 Å². The molecule has 0 aliphatic heterocycles. The zero-order valence-corrected chi connectivity index (χ0v) is 24.8. The smallest absolute Gasteiger partial charge is 0.160 e. The van der Waals surface area contributed by atoms with Crippen LogP contribution in [0.15, 0.2) is 146 Å². The molecule has 216 valence electrons. The summed E-state index contributed by atoms with van der Waals surface area (Å²) in [5.41, 5.74) is 11.2. The quantitative estimate of drug-likeness (QED) is 0.210.